The third-order valence-electron chi connectivity index (χ3n) is 3.71. The molecule has 0 fully saturated rings. The number of hydrogen-bond acceptors (Lipinski definition) is 4. The summed E-state index contributed by atoms with van der Waals surface area (Å²) in [6.07, 6.45) is 1.23. The molecule has 0 bridgehead atoms. The molecule has 1 aromatic heterocycles. The van der Waals surface area contributed by atoms with Crippen LogP contribution >= 0.6 is 11.3 Å². The average molecular weight is 303 g/mol. The van der Waals surface area contributed by atoms with E-state index in [1.807, 2.05) is 11.3 Å². The average Bonchev–Trinajstić information content (AvgIpc) is 3.02. The number of aryl methyl sites for hydroxylation is 1. The Morgan fingerprint density at radius 3 is 2.90 bits per heavy atom. The lowest BCUT2D eigenvalue weighted by molar-refractivity contribution is 0.254. The molecule has 0 saturated heterocycles. The fourth-order valence-corrected chi connectivity index (χ4v) is 3.57. The Morgan fingerprint density at radius 1 is 1.33 bits per heavy atom. The molecule has 4 heteroatoms. The molecule has 3 rings (SSSR count). The monoisotopic (exact) mass is 303 g/mol. The zero-order valence-corrected chi connectivity index (χ0v) is 13.5. The minimum Gasteiger partial charge on any atom is -0.496 e. The summed E-state index contributed by atoms with van der Waals surface area (Å²) in [5.74, 6) is 1.95. The van der Waals surface area contributed by atoms with Crippen molar-refractivity contribution in [1.82, 2.24) is 5.32 Å². The maximum Gasteiger partial charge on any atom is 0.123 e. The molecule has 1 aliphatic rings. The number of rotatable bonds is 5. The largest absolute Gasteiger partial charge is 0.496 e. The molecule has 1 N–H and O–H groups in total. The highest BCUT2D eigenvalue weighted by atomic mass is 32.1. The third kappa shape index (κ3) is 3.22. The van der Waals surface area contributed by atoms with Crippen LogP contribution < -0.4 is 14.8 Å². The highest BCUT2D eigenvalue weighted by molar-refractivity contribution is 7.11. The van der Waals surface area contributed by atoms with Crippen LogP contribution in [0.15, 0.2) is 24.3 Å². The summed E-state index contributed by atoms with van der Waals surface area (Å²) in [5, 5.41) is 3.48. The summed E-state index contributed by atoms with van der Waals surface area (Å²) in [7, 11) is 1.73. The van der Waals surface area contributed by atoms with Crippen LogP contribution in [0.1, 0.15) is 27.8 Å². The van der Waals surface area contributed by atoms with Gasteiger partial charge in [-0.25, -0.2) is 0 Å². The van der Waals surface area contributed by atoms with Crippen molar-refractivity contribution in [3.8, 4) is 11.5 Å². The zero-order chi connectivity index (χ0) is 14.8. The first-order chi connectivity index (χ1) is 10.2. The molecule has 1 unspecified atom stereocenters. The van der Waals surface area contributed by atoms with Crippen LogP contribution in [0.5, 0.6) is 11.5 Å². The minimum absolute atomic E-state index is 0.266. The van der Waals surface area contributed by atoms with Gasteiger partial charge in [0.2, 0.25) is 0 Å². The van der Waals surface area contributed by atoms with Gasteiger partial charge in [0.25, 0.3) is 0 Å². The molecule has 1 aromatic carbocycles. The summed E-state index contributed by atoms with van der Waals surface area (Å²) in [4.78, 5) is 2.71. The van der Waals surface area contributed by atoms with Crippen LogP contribution in [0.3, 0.4) is 0 Å². The van der Waals surface area contributed by atoms with E-state index in [0.717, 1.165) is 36.6 Å². The van der Waals surface area contributed by atoms with Crippen LogP contribution in [0.2, 0.25) is 0 Å². The second-order valence-corrected chi connectivity index (χ2v) is 6.89. The number of hydrogen-bond donors (Lipinski definition) is 1. The number of ether oxygens (including phenoxy) is 2. The summed E-state index contributed by atoms with van der Waals surface area (Å²) in [6, 6.07) is 8.57. The maximum absolute atomic E-state index is 5.83. The van der Waals surface area contributed by atoms with Crippen molar-refractivity contribution in [1.29, 1.82) is 0 Å². The molecule has 112 valence electrons. The molecular weight excluding hydrogens is 282 g/mol. The first kappa shape index (κ1) is 14.4. The molecule has 3 nitrogen and oxygen atoms in total. The van der Waals surface area contributed by atoms with Gasteiger partial charge >= 0.3 is 0 Å². The molecule has 21 heavy (non-hydrogen) atoms. The van der Waals surface area contributed by atoms with E-state index in [9.17, 15) is 0 Å². The highest BCUT2D eigenvalue weighted by Crippen LogP contribution is 2.34. The first-order valence-electron chi connectivity index (χ1n) is 7.28. The fourth-order valence-electron chi connectivity index (χ4n) is 2.71. The molecule has 2 heterocycles. The number of methoxy groups -OCH3 is 1. The predicted octanol–water partition coefficient (Wildman–Crippen LogP) is 3.68. The van der Waals surface area contributed by atoms with E-state index in [0.29, 0.717) is 0 Å². The van der Waals surface area contributed by atoms with Gasteiger partial charge in [-0.05, 0) is 38.1 Å². The molecule has 0 radical (unpaired) electrons. The normalized spacial score (nSPS) is 16.6. The Kier molecular flexibility index (Phi) is 4.17. The maximum atomic E-state index is 5.83. The molecule has 1 aliphatic heterocycles. The summed E-state index contributed by atoms with van der Waals surface area (Å²) < 4.78 is 11.4. The van der Waals surface area contributed by atoms with Crippen molar-refractivity contribution in [2.75, 3.05) is 7.11 Å². The summed E-state index contributed by atoms with van der Waals surface area (Å²) in [5.41, 5.74) is 2.40. The highest BCUT2D eigenvalue weighted by Gasteiger charge is 2.21. The molecule has 0 amide bonds. The standard InChI is InChI=1S/C17H21NO2S/c1-11-6-13-7-16(19-3)14(8-17(13)20-11)9-18-10-15-5-4-12(2)21-15/h4-5,7-8,11,18H,6,9-10H2,1-3H3. The minimum atomic E-state index is 0.266. The lowest BCUT2D eigenvalue weighted by Gasteiger charge is -2.11. The van der Waals surface area contributed by atoms with E-state index in [1.54, 1.807) is 7.11 Å². The Balaban J connectivity index is 1.68. The molecule has 2 aromatic rings. The van der Waals surface area contributed by atoms with Crippen molar-refractivity contribution in [2.45, 2.75) is 39.5 Å². The van der Waals surface area contributed by atoms with Crippen molar-refractivity contribution in [3.05, 3.63) is 45.1 Å². The van der Waals surface area contributed by atoms with E-state index in [4.69, 9.17) is 9.47 Å². The van der Waals surface area contributed by atoms with E-state index in [1.165, 1.54) is 15.3 Å². The molecule has 1 atom stereocenters. The molecule has 0 aliphatic carbocycles. The zero-order valence-electron chi connectivity index (χ0n) is 12.7. The number of nitrogens with one attached hydrogen (secondary N) is 1. The lowest BCUT2D eigenvalue weighted by atomic mass is 10.1. The second-order valence-electron chi connectivity index (χ2n) is 5.52. The summed E-state index contributed by atoms with van der Waals surface area (Å²) >= 11 is 1.83. The third-order valence-corrected chi connectivity index (χ3v) is 4.71. The van der Waals surface area contributed by atoms with Gasteiger partial charge in [0.1, 0.15) is 17.6 Å². The van der Waals surface area contributed by atoms with Crippen LogP contribution in [-0.2, 0) is 19.5 Å². The Hall–Kier alpha value is -1.52. The van der Waals surface area contributed by atoms with Gasteiger partial charge in [0.05, 0.1) is 7.11 Å². The molecule has 0 spiro atoms. The quantitative estimate of drug-likeness (QED) is 0.914. The van der Waals surface area contributed by atoms with Crippen molar-refractivity contribution in [3.63, 3.8) is 0 Å². The van der Waals surface area contributed by atoms with E-state index in [2.05, 4.69) is 43.4 Å². The Bertz CT molecular complexity index is 636. The van der Waals surface area contributed by atoms with Gasteiger partial charge in [-0.2, -0.15) is 0 Å². The van der Waals surface area contributed by atoms with Crippen LogP contribution in [0.4, 0.5) is 0 Å². The topological polar surface area (TPSA) is 30.5 Å². The van der Waals surface area contributed by atoms with Crippen molar-refractivity contribution in [2.24, 2.45) is 0 Å². The molecular formula is C17H21NO2S. The smallest absolute Gasteiger partial charge is 0.123 e. The van der Waals surface area contributed by atoms with E-state index >= 15 is 0 Å². The lowest BCUT2D eigenvalue weighted by Crippen LogP contribution is -2.12. The second kappa shape index (κ2) is 6.08. The number of thiophene rings is 1. The van der Waals surface area contributed by atoms with Crippen molar-refractivity contribution >= 4 is 11.3 Å². The van der Waals surface area contributed by atoms with E-state index in [-0.39, 0.29) is 6.10 Å². The fraction of sp³-hybridized carbons (Fsp3) is 0.412. The predicted molar refractivity (Wildman–Crippen MR) is 86.4 cm³/mol. The SMILES string of the molecule is COc1cc2c(cc1CNCc1ccc(C)s1)OC(C)C2. The van der Waals surface area contributed by atoms with Gasteiger partial charge < -0.3 is 14.8 Å². The Labute approximate surface area is 129 Å². The van der Waals surface area contributed by atoms with Gasteiger partial charge in [0.15, 0.2) is 0 Å². The summed E-state index contributed by atoms with van der Waals surface area (Å²) in [6.45, 7) is 5.90. The van der Waals surface area contributed by atoms with Gasteiger partial charge in [-0.3, -0.25) is 0 Å². The Morgan fingerprint density at radius 2 is 2.19 bits per heavy atom. The number of fused-ring (bicyclic) bond motifs is 1. The number of benzene rings is 1. The molecule has 0 saturated carbocycles. The van der Waals surface area contributed by atoms with Crippen LogP contribution in [0.25, 0.3) is 0 Å². The van der Waals surface area contributed by atoms with Gasteiger partial charge in [-0.15, -0.1) is 11.3 Å². The van der Waals surface area contributed by atoms with Gasteiger partial charge in [-0.1, -0.05) is 0 Å². The van der Waals surface area contributed by atoms with Crippen molar-refractivity contribution < 1.29 is 9.47 Å². The van der Waals surface area contributed by atoms with E-state index < -0.39 is 0 Å². The van der Waals surface area contributed by atoms with Gasteiger partial charge in [0, 0.05) is 40.4 Å². The first-order valence-corrected chi connectivity index (χ1v) is 8.10. The van der Waals surface area contributed by atoms with Crippen LogP contribution in [-0.4, -0.2) is 13.2 Å². The van der Waals surface area contributed by atoms with Crippen LogP contribution in [0, 0.1) is 6.92 Å².